The van der Waals surface area contributed by atoms with Crippen LogP contribution in [0.25, 0.3) is 6.08 Å². The molecule has 0 radical (unpaired) electrons. The molecule has 1 saturated heterocycles. The molecule has 0 bridgehead atoms. The molecule has 1 aliphatic heterocycles. The summed E-state index contributed by atoms with van der Waals surface area (Å²) >= 11 is 0. The minimum Gasteiger partial charge on any atom is -0.482 e. The van der Waals surface area contributed by atoms with E-state index >= 15 is 0 Å². The quantitative estimate of drug-likeness (QED) is 0.556. The van der Waals surface area contributed by atoms with E-state index in [0.717, 1.165) is 25.0 Å². The summed E-state index contributed by atoms with van der Waals surface area (Å²) in [5.74, 6) is 7.57. The zero-order valence-electron chi connectivity index (χ0n) is 11.7. The van der Waals surface area contributed by atoms with Crippen LogP contribution >= 0.6 is 0 Å². The summed E-state index contributed by atoms with van der Waals surface area (Å²) in [7, 11) is 0. The van der Waals surface area contributed by atoms with Crippen molar-refractivity contribution in [2.24, 2.45) is 0 Å². The Labute approximate surface area is 116 Å². The van der Waals surface area contributed by atoms with Crippen LogP contribution in [0.4, 0.5) is 0 Å². The summed E-state index contributed by atoms with van der Waals surface area (Å²) < 4.78 is 5.96. The molecule has 1 unspecified atom stereocenters. The molecule has 100 valence electrons. The fourth-order valence-corrected chi connectivity index (χ4v) is 2.16. The van der Waals surface area contributed by atoms with E-state index in [0.29, 0.717) is 0 Å². The number of rotatable bonds is 3. The van der Waals surface area contributed by atoms with Crippen molar-refractivity contribution in [3.05, 3.63) is 41.7 Å². The maximum atomic E-state index is 5.96. The van der Waals surface area contributed by atoms with E-state index < -0.39 is 0 Å². The topological polar surface area (TPSA) is 9.23 Å². The van der Waals surface area contributed by atoms with Gasteiger partial charge in [0.25, 0.3) is 0 Å². The van der Waals surface area contributed by atoms with Gasteiger partial charge in [0, 0.05) is 12.8 Å². The third-order valence-electron chi connectivity index (χ3n) is 3.23. The van der Waals surface area contributed by atoms with Gasteiger partial charge in [0.2, 0.25) is 0 Å². The molecule has 1 heterocycles. The first-order valence-electron chi connectivity index (χ1n) is 7.29. The van der Waals surface area contributed by atoms with Gasteiger partial charge in [-0.1, -0.05) is 55.5 Å². The maximum Gasteiger partial charge on any atom is 0.158 e. The molecule has 1 aliphatic rings. The van der Waals surface area contributed by atoms with Crippen LogP contribution in [0.15, 0.2) is 36.1 Å². The Morgan fingerprint density at radius 1 is 1.32 bits per heavy atom. The summed E-state index contributed by atoms with van der Waals surface area (Å²) in [5.41, 5.74) is 1.21. The lowest BCUT2D eigenvalue weighted by molar-refractivity contribution is 0.118. The van der Waals surface area contributed by atoms with E-state index in [-0.39, 0.29) is 6.10 Å². The highest BCUT2D eigenvalue weighted by Gasteiger charge is 2.15. The molecule has 0 N–H and O–H groups in total. The number of benzene rings is 1. The summed E-state index contributed by atoms with van der Waals surface area (Å²) in [5, 5.41) is 0. The Morgan fingerprint density at radius 2 is 2.16 bits per heavy atom. The van der Waals surface area contributed by atoms with E-state index in [4.69, 9.17) is 4.74 Å². The predicted octanol–water partition coefficient (Wildman–Crippen LogP) is 4.79. The van der Waals surface area contributed by atoms with Gasteiger partial charge in [-0.15, -0.1) is 0 Å². The van der Waals surface area contributed by atoms with Gasteiger partial charge in [0.1, 0.15) is 0 Å². The second-order valence-corrected chi connectivity index (χ2v) is 4.94. The number of hydrogen-bond donors (Lipinski definition) is 0. The number of ether oxygens (including phenoxy) is 1. The third kappa shape index (κ3) is 4.83. The third-order valence-corrected chi connectivity index (χ3v) is 3.23. The van der Waals surface area contributed by atoms with Gasteiger partial charge in [-0.05, 0) is 30.9 Å². The number of allylic oxidation sites excluding steroid dienone is 1. The first-order valence-corrected chi connectivity index (χ1v) is 7.29. The number of unbranched alkanes of at least 4 members (excludes halogenated alkanes) is 2. The smallest absolute Gasteiger partial charge is 0.158 e. The molecule has 0 aliphatic carbocycles. The van der Waals surface area contributed by atoms with Crippen LogP contribution in [-0.2, 0) is 4.74 Å². The van der Waals surface area contributed by atoms with Crippen LogP contribution in [0.2, 0.25) is 0 Å². The molecule has 1 heteroatoms. The van der Waals surface area contributed by atoms with Crippen molar-refractivity contribution in [1.29, 1.82) is 0 Å². The molecule has 1 nitrogen and oxygen atoms in total. The molecule has 2 rings (SSSR count). The van der Waals surface area contributed by atoms with Gasteiger partial charge in [-0.25, -0.2) is 0 Å². The summed E-state index contributed by atoms with van der Waals surface area (Å²) in [4.78, 5) is 0. The lowest BCUT2D eigenvalue weighted by Crippen LogP contribution is -2.15. The Kier molecular flexibility index (Phi) is 5.56. The van der Waals surface area contributed by atoms with Crippen molar-refractivity contribution < 1.29 is 4.74 Å². The zero-order valence-corrected chi connectivity index (χ0v) is 11.7. The van der Waals surface area contributed by atoms with E-state index in [1.807, 2.05) is 6.07 Å². The zero-order chi connectivity index (χ0) is 13.3. The normalized spacial score (nSPS) is 20.5. The Bertz CT molecular complexity index is 461. The van der Waals surface area contributed by atoms with E-state index in [9.17, 15) is 0 Å². The van der Waals surface area contributed by atoms with Gasteiger partial charge in [-0.3, -0.25) is 0 Å². The second kappa shape index (κ2) is 7.69. The summed E-state index contributed by atoms with van der Waals surface area (Å²) in [6, 6.07) is 10.3. The van der Waals surface area contributed by atoms with Crippen molar-refractivity contribution in [3.8, 4) is 11.8 Å². The predicted molar refractivity (Wildman–Crippen MR) is 80.4 cm³/mol. The van der Waals surface area contributed by atoms with Crippen LogP contribution in [0.1, 0.15) is 51.0 Å². The lowest BCUT2D eigenvalue weighted by atomic mass is 10.1. The molecule has 0 spiro atoms. The van der Waals surface area contributed by atoms with Crippen LogP contribution in [0, 0.1) is 11.8 Å². The minimum atomic E-state index is 0.0977. The van der Waals surface area contributed by atoms with Gasteiger partial charge in [-0.2, -0.15) is 0 Å². The Balaban J connectivity index is 1.93. The molecule has 0 saturated carbocycles. The standard InChI is InChI=1S/C18H22O/c1-2-3-4-8-12-17-13-9-14-18(19-17)15-16-10-6-5-7-11-16/h5-7,10-11,15,17H,2-4,9,13-14H2,1H3/b18-15-. The monoisotopic (exact) mass is 254 g/mol. The molecular weight excluding hydrogens is 232 g/mol. The molecule has 19 heavy (non-hydrogen) atoms. The lowest BCUT2D eigenvalue weighted by Gasteiger charge is -2.22. The van der Waals surface area contributed by atoms with Crippen LogP contribution in [-0.4, -0.2) is 6.10 Å². The fraction of sp³-hybridized carbons (Fsp3) is 0.444. The molecule has 1 aromatic carbocycles. The average molecular weight is 254 g/mol. The van der Waals surface area contributed by atoms with E-state index in [1.165, 1.54) is 24.8 Å². The van der Waals surface area contributed by atoms with Crippen molar-refractivity contribution in [2.45, 2.75) is 51.6 Å². The van der Waals surface area contributed by atoms with Crippen molar-refractivity contribution in [2.75, 3.05) is 0 Å². The molecule has 1 fully saturated rings. The van der Waals surface area contributed by atoms with Gasteiger partial charge in [0.05, 0.1) is 5.76 Å². The van der Waals surface area contributed by atoms with Crippen molar-refractivity contribution in [3.63, 3.8) is 0 Å². The van der Waals surface area contributed by atoms with E-state index in [1.54, 1.807) is 0 Å². The van der Waals surface area contributed by atoms with E-state index in [2.05, 4.69) is 49.1 Å². The molecule has 0 aromatic heterocycles. The molecule has 0 amide bonds. The van der Waals surface area contributed by atoms with Gasteiger partial charge >= 0.3 is 0 Å². The first-order chi connectivity index (χ1) is 9.38. The maximum absolute atomic E-state index is 5.96. The highest BCUT2D eigenvalue weighted by molar-refractivity contribution is 5.51. The summed E-state index contributed by atoms with van der Waals surface area (Å²) in [6.07, 6.45) is 8.89. The van der Waals surface area contributed by atoms with Crippen molar-refractivity contribution in [1.82, 2.24) is 0 Å². The fourth-order valence-electron chi connectivity index (χ4n) is 2.16. The Morgan fingerprint density at radius 3 is 2.95 bits per heavy atom. The van der Waals surface area contributed by atoms with Gasteiger partial charge in [0.15, 0.2) is 6.10 Å². The highest BCUT2D eigenvalue weighted by Crippen LogP contribution is 2.23. The second-order valence-electron chi connectivity index (χ2n) is 4.94. The largest absolute Gasteiger partial charge is 0.482 e. The molecule has 1 atom stereocenters. The van der Waals surface area contributed by atoms with Crippen LogP contribution in [0.3, 0.4) is 0 Å². The Hall–Kier alpha value is -1.68. The van der Waals surface area contributed by atoms with Crippen LogP contribution in [0.5, 0.6) is 0 Å². The molecular formula is C18H22O. The minimum absolute atomic E-state index is 0.0977. The summed E-state index contributed by atoms with van der Waals surface area (Å²) in [6.45, 7) is 2.19. The van der Waals surface area contributed by atoms with Gasteiger partial charge < -0.3 is 4.74 Å². The first kappa shape index (κ1) is 13.7. The van der Waals surface area contributed by atoms with Crippen molar-refractivity contribution >= 4 is 6.08 Å². The number of hydrogen-bond acceptors (Lipinski definition) is 1. The SMILES string of the molecule is CCCCC#CC1CCC/C(=C/c2ccccc2)O1. The average Bonchev–Trinajstić information content (AvgIpc) is 2.45. The highest BCUT2D eigenvalue weighted by atomic mass is 16.5. The molecule has 1 aromatic rings. The van der Waals surface area contributed by atoms with Crippen LogP contribution < -0.4 is 0 Å².